The van der Waals surface area contributed by atoms with Crippen molar-refractivity contribution >= 4 is 11.9 Å². The van der Waals surface area contributed by atoms with Gasteiger partial charge in [0.15, 0.2) is 6.10 Å². The molecule has 0 aromatic rings. The molecule has 2 saturated carbocycles. The van der Waals surface area contributed by atoms with E-state index in [4.69, 9.17) is 15.2 Å². The Hall–Kier alpha value is -1.70. The Bertz CT molecular complexity index is 718. The minimum absolute atomic E-state index is 0.0106. The van der Waals surface area contributed by atoms with Gasteiger partial charge in [0.05, 0.1) is 24.8 Å². The molecule has 1 aliphatic heterocycles. The zero-order valence-electron chi connectivity index (χ0n) is 17.4. The minimum atomic E-state index is -0.727. The second-order valence-corrected chi connectivity index (χ2v) is 9.20. The van der Waals surface area contributed by atoms with Gasteiger partial charge < -0.3 is 25.4 Å². The van der Waals surface area contributed by atoms with E-state index in [1.807, 2.05) is 13.0 Å². The minimum Gasteiger partial charge on any atom is -0.458 e. The second-order valence-electron chi connectivity index (χ2n) is 9.20. The molecule has 29 heavy (non-hydrogen) atoms. The Labute approximate surface area is 171 Å². The second kappa shape index (κ2) is 8.20. The quantitative estimate of drug-likeness (QED) is 0.359. The molecule has 2 aliphatic carbocycles. The number of hydrogen-bond acceptors (Lipinski definition) is 7. The number of nitrogens with two attached hydrogens (primary N) is 1. The normalized spacial score (nSPS) is 41.2. The number of hydrogen-bond donors (Lipinski definition) is 3. The Morgan fingerprint density at radius 3 is 2.79 bits per heavy atom. The van der Waals surface area contributed by atoms with Gasteiger partial charge in [0.25, 0.3) is 0 Å². The van der Waals surface area contributed by atoms with E-state index in [1.165, 1.54) is 0 Å². The van der Waals surface area contributed by atoms with E-state index in [-0.39, 0.29) is 37.0 Å². The molecule has 0 radical (unpaired) electrons. The van der Waals surface area contributed by atoms with E-state index in [0.29, 0.717) is 18.4 Å². The van der Waals surface area contributed by atoms with Gasteiger partial charge in [-0.25, -0.2) is 4.79 Å². The summed E-state index contributed by atoms with van der Waals surface area (Å²) >= 11 is 0. The third-order valence-corrected chi connectivity index (χ3v) is 7.66. The van der Waals surface area contributed by atoms with E-state index < -0.39 is 29.6 Å². The van der Waals surface area contributed by atoms with Crippen LogP contribution in [0.3, 0.4) is 0 Å². The fourth-order valence-electron chi connectivity index (χ4n) is 5.86. The lowest BCUT2D eigenvalue weighted by Gasteiger charge is -2.59. The summed E-state index contributed by atoms with van der Waals surface area (Å²) in [4.78, 5) is 23.7. The number of fused-ring (bicyclic) bond motifs is 1. The van der Waals surface area contributed by atoms with Crippen LogP contribution in [-0.4, -0.2) is 54.1 Å². The lowest BCUT2D eigenvalue weighted by atomic mass is 9.46. The van der Waals surface area contributed by atoms with Gasteiger partial charge in [-0.1, -0.05) is 32.1 Å². The SMILES string of the molecule is C=C1CC[C@@H]2[C@](C)(CO)[C@H](O)CC[C@@]2(C)[C@@H]1C/C=C1/C(=O)OC[C@H]1OC(=O)CN. The summed E-state index contributed by atoms with van der Waals surface area (Å²) in [5.41, 5.74) is 6.09. The fraction of sp³-hybridized carbons (Fsp3) is 0.727. The Morgan fingerprint density at radius 1 is 1.41 bits per heavy atom. The zero-order chi connectivity index (χ0) is 21.4. The first-order valence-corrected chi connectivity index (χ1v) is 10.4. The third-order valence-electron chi connectivity index (χ3n) is 7.66. The van der Waals surface area contributed by atoms with Gasteiger partial charge in [-0.3, -0.25) is 4.79 Å². The van der Waals surface area contributed by atoms with Gasteiger partial charge in [0.1, 0.15) is 6.61 Å². The molecule has 3 rings (SSSR count). The standard InChI is InChI=1S/C22H33NO6/c1-13-4-7-17-21(2,9-8-18(25)22(17,3)12-24)15(13)6-5-14-16(11-28-20(14)27)29-19(26)10-23/h5,15-18,24-25H,1,4,6-12,23H2,2-3H3/b14-5+/t15-,16-,17+,18-,21+,22+/m1/s1. The van der Waals surface area contributed by atoms with Crippen LogP contribution in [0.15, 0.2) is 23.8 Å². The summed E-state index contributed by atoms with van der Waals surface area (Å²) in [6, 6.07) is 0. The molecular weight excluding hydrogens is 374 g/mol. The van der Waals surface area contributed by atoms with Gasteiger partial charge in [-0.05, 0) is 49.4 Å². The topological polar surface area (TPSA) is 119 Å². The van der Waals surface area contributed by atoms with Crippen LogP contribution < -0.4 is 5.73 Å². The van der Waals surface area contributed by atoms with Crippen LogP contribution in [0.25, 0.3) is 0 Å². The summed E-state index contributed by atoms with van der Waals surface area (Å²) in [5, 5.41) is 20.7. The lowest BCUT2D eigenvalue weighted by Crippen LogP contribution is -2.57. The maximum Gasteiger partial charge on any atom is 0.337 e. The summed E-state index contributed by atoms with van der Waals surface area (Å²) in [5.74, 6) is -0.791. The molecule has 3 aliphatic rings. The van der Waals surface area contributed by atoms with Crippen molar-refractivity contribution in [1.82, 2.24) is 0 Å². The highest BCUT2D eigenvalue weighted by Crippen LogP contribution is 2.61. The van der Waals surface area contributed by atoms with E-state index in [2.05, 4.69) is 13.5 Å². The molecule has 0 spiro atoms. The van der Waals surface area contributed by atoms with Gasteiger partial charge in [-0.15, -0.1) is 0 Å². The first kappa shape index (κ1) is 22.0. The first-order chi connectivity index (χ1) is 13.7. The first-order valence-electron chi connectivity index (χ1n) is 10.4. The Kier molecular flexibility index (Phi) is 6.22. The van der Waals surface area contributed by atoms with E-state index >= 15 is 0 Å². The molecule has 4 N–H and O–H groups in total. The summed E-state index contributed by atoms with van der Waals surface area (Å²) < 4.78 is 10.3. The molecule has 0 aromatic heterocycles. The van der Waals surface area contributed by atoms with Gasteiger partial charge in [0.2, 0.25) is 0 Å². The van der Waals surface area contributed by atoms with Crippen LogP contribution in [0.1, 0.15) is 46.0 Å². The highest BCUT2D eigenvalue weighted by atomic mass is 16.6. The van der Waals surface area contributed by atoms with Crippen LogP contribution in [0.2, 0.25) is 0 Å². The summed E-state index contributed by atoms with van der Waals surface area (Å²) in [6.45, 7) is 8.18. The average Bonchev–Trinajstić information content (AvgIpc) is 3.03. The predicted octanol–water partition coefficient (Wildman–Crippen LogP) is 1.47. The van der Waals surface area contributed by atoms with Gasteiger partial charge in [-0.2, -0.15) is 0 Å². The third kappa shape index (κ3) is 3.76. The van der Waals surface area contributed by atoms with Crippen LogP contribution in [0.4, 0.5) is 0 Å². The number of aliphatic hydroxyl groups is 2. The van der Waals surface area contributed by atoms with Crippen molar-refractivity contribution in [1.29, 1.82) is 0 Å². The average molecular weight is 408 g/mol. The van der Waals surface area contributed by atoms with E-state index in [9.17, 15) is 19.8 Å². The van der Waals surface area contributed by atoms with E-state index in [0.717, 1.165) is 24.8 Å². The van der Waals surface area contributed by atoms with Crippen LogP contribution in [0.5, 0.6) is 0 Å². The molecule has 0 aromatic carbocycles. The zero-order valence-corrected chi connectivity index (χ0v) is 17.4. The van der Waals surface area contributed by atoms with Crippen LogP contribution in [0, 0.1) is 22.7 Å². The number of cyclic esters (lactones) is 1. The van der Waals surface area contributed by atoms with Gasteiger partial charge >= 0.3 is 11.9 Å². The molecule has 7 nitrogen and oxygen atoms in total. The molecular formula is C22H33NO6. The van der Waals surface area contributed by atoms with Gasteiger partial charge in [0, 0.05) is 5.41 Å². The number of carbonyl (C=O) groups excluding carboxylic acids is 2. The van der Waals surface area contributed by atoms with Crippen molar-refractivity contribution in [3.8, 4) is 0 Å². The molecule has 6 atom stereocenters. The highest BCUT2D eigenvalue weighted by molar-refractivity contribution is 5.92. The highest BCUT2D eigenvalue weighted by Gasteiger charge is 2.57. The molecule has 0 unspecified atom stereocenters. The number of ether oxygens (including phenoxy) is 2. The number of esters is 2. The smallest absolute Gasteiger partial charge is 0.337 e. The van der Waals surface area contributed by atoms with Crippen molar-refractivity contribution in [3.05, 3.63) is 23.8 Å². The molecule has 3 fully saturated rings. The molecule has 1 saturated heterocycles. The number of carbonyl (C=O) groups is 2. The maximum absolute atomic E-state index is 12.2. The monoisotopic (exact) mass is 407 g/mol. The van der Waals surface area contributed by atoms with E-state index in [1.54, 1.807) is 0 Å². The maximum atomic E-state index is 12.2. The Morgan fingerprint density at radius 2 is 2.14 bits per heavy atom. The van der Waals surface area contributed by atoms with Crippen LogP contribution >= 0.6 is 0 Å². The van der Waals surface area contributed by atoms with Crippen LogP contribution in [-0.2, 0) is 19.1 Å². The van der Waals surface area contributed by atoms with Crippen molar-refractivity contribution < 1.29 is 29.3 Å². The fourth-order valence-corrected chi connectivity index (χ4v) is 5.86. The molecule has 7 heteroatoms. The number of allylic oxidation sites excluding steroid dienone is 2. The van der Waals surface area contributed by atoms with Crippen molar-refractivity contribution in [2.24, 2.45) is 28.4 Å². The Balaban J connectivity index is 1.85. The van der Waals surface area contributed by atoms with Crippen molar-refractivity contribution in [2.45, 2.75) is 58.2 Å². The molecule has 1 heterocycles. The van der Waals surface area contributed by atoms with Crippen molar-refractivity contribution in [3.63, 3.8) is 0 Å². The lowest BCUT2D eigenvalue weighted by molar-refractivity contribution is -0.151. The largest absolute Gasteiger partial charge is 0.458 e. The molecule has 162 valence electrons. The summed E-state index contributed by atoms with van der Waals surface area (Å²) in [7, 11) is 0. The van der Waals surface area contributed by atoms with Crippen molar-refractivity contribution in [2.75, 3.05) is 19.8 Å². The predicted molar refractivity (Wildman–Crippen MR) is 106 cm³/mol. The molecule has 0 amide bonds. The number of aliphatic hydroxyl groups excluding tert-OH is 2. The molecule has 0 bridgehead atoms. The number of rotatable bonds is 5. The summed E-state index contributed by atoms with van der Waals surface area (Å²) in [6.07, 6.45) is 4.30.